The molecule has 4 nitrogen and oxygen atoms in total. The highest BCUT2D eigenvalue weighted by Crippen LogP contribution is 2.31. The lowest BCUT2D eigenvalue weighted by molar-refractivity contribution is -0.118. The van der Waals surface area contributed by atoms with Crippen molar-refractivity contribution < 1.29 is 9.90 Å². The number of fused-ring (bicyclic) bond motifs is 1. The average molecular weight is 248 g/mol. The lowest BCUT2D eigenvalue weighted by Gasteiger charge is -2.17. The lowest BCUT2D eigenvalue weighted by Crippen LogP contribution is -2.28. The third-order valence-electron chi connectivity index (χ3n) is 3.37. The molecular formula is C14H20N2O2. The van der Waals surface area contributed by atoms with E-state index in [2.05, 4.69) is 0 Å². The first-order valence-corrected chi connectivity index (χ1v) is 6.48. The predicted molar refractivity (Wildman–Crippen MR) is 71.4 cm³/mol. The number of benzene rings is 1. The highest BCUT2D eigenvalue weighted by molar-refractivity contribution is 5.95. The maximum absolute atomic E-state index is 11.9. The molecule has 98 valence electrons. The van der Waals surface area contributed by atoms with E-state index in [1.807, 2.05) is 30.0 Å². The summed E-state index contributed by atoms with van der Waals surface area (Å²) in [5.41, 5.74) is 8.40. The topological polar surface area (TPSA) is 66.6 Å². The van der Waals surface area contributed by atoms with Crippen LogP contribution < -0.4 is 10.6 Å². The second-order valence-corrected chi connectivity index (χ2v) is 4.69. The smallest absolute Gasteiger partial charge is 0.226 e. The maximum atomic E-state index is 11.9. The van der Waals surface area contributed by atoms with E-state index in [0.717, 1.165) is 36.2 Å². The van der Waals surface area contributed by atoms with Crippen LogP contribution in [0.15, 0.2) is 18.2 Å². The van der Waals surface area contributed by atoms with Gasteiger partial charge in [0.15, 0.2) is 0 Å². The fourth-order valence-corrected chi connectivity index (χ4v) is 2.37. The molecule has 1 unspecified atom stereocenters. The lowest BCUT2D eigenvalue weighted by atomic mass is 10.0. The zero-order valence-corrected chi connectivity index (χ0v) is 10.7. The monoisotopic (exact) mass is 248 g/mol. The van der Waals surface area contributed by atoms with E-state index < -0.39 is 6.10 Å². The zero-order valence-electron chi connectivity index (χ0n) is 10.7. The molecule has 1 aliphatic heterocycles. The Labute approximate surface area is 107 Å². The number of carbonyl (C=O) groups is 1. The van der Waals surface area contributed by atoms with Crippen LogP contribution in [0.25, 0.3) is 0 Å². The number of amides is 1. The van der Waals surface area contributed by atoms with Gasteiger partial charge in [0.25, 0.3) is 0 Å². The molecule has 0 aromatic heterocycles. The van der Waals surface area contributed by atoms with Crippen LogP contribution in [0.4, 0.5) is 5.69 Å². The summed E-state index contributed by atoms with van der Waals surface area (Å²) in [5, 5.41) is 9.71. The number of nitrogens with two attached hydrogens (primary N) is 1. The van der Waals surface area contributed by atoms with Gasteiger partial charge in [-0.25, -0.2) is 0 Å². The van der Waals surface area contributed by atoms with Crippen molar-refractivity contribution >= 4 is 11.6 Å². The van der Waals surface area contributed by atoms with Crippen LogP contribution in [-0.4, -0.2) is 24.1 Å². The number of aliphatic hydroxyl groups is 1. The molecule has 0 fully saturated rings. The van der Waals surface area contributed by atoms with Crippen LogP contribution in [0, 0.1) is 0 Å². The number of hydrogen-bond acceptors (Lipinski definition) is 3. The van der Waals surface area contributed by atoms with Crippen molar-refractivity contribution in [3.05, 3.63) is 29.3 Å². The van der Waals surface area contributed by atoms with Gasteiger partial charge >= 0.3 is 0 Å². The van der Waals surface area contributed by atoms with E-state index in [1.165, 1.54) is 0 Å². The highest BCUT2D eigenvalue weighted by Gasteiger charge is 2.24. The van der Waals surface area contributed by atoms with Crippen LogP contribution in [0.5, 0.6) is 0 Å². The Morgan fingerprint density at radius 2 is 2.33 bits per heavy atom. The van der Waals surface area contributed by atoms with Crippen molar-refractivity contribution in [3.63, 3.8) is 0 Å². The Morgan fingerprint density at radius 3 is 3.00 bits per heavy atom. The molecule has 0 spiro atoms. The summed E-state index contributed by atoms with van der Waals surface area (Å²) >= 11 is 0. The number of rotatable bonds is 4. The van der Waals surface area contributed by atoms with Gasteiger partial charge in [-0.3, -0.25) is 4.79 Å². The minimum atomic E-state index is -0.615. The van der Waals surface area contributed by atoms with Gasteiger partial charge in [-0.2, -0.15) is 0 Å². The summed E-state index contributed by atoms with van der Waals surface area (Å²) < 4.78 is 0. The molecule has 1 aromatic carbocycles. The van der Waals surface area contributed by atoms with Crippen LogP contribution in [-0.2, 0) is 11.2 Å². The van der Waals surface area contributed by atoms with Crippen molar-refractivity contribution in [2.24, 2.45) is 5.73 Å². The normalized spacial score (nSPS) is 15.6. The van der Waals surface area contributed by atoms with Crippen molar-refractivity contribution in [2.75, 3.05) is 18.0 Å². The quantitative estimate of drug-likeness (QED) is 0.845. The molecule has 1 heterocycles. The van der Waals surface area contributed by atoms with Gasteiger partial charge in [0.1, 0.15) is 0 Å². The fraction of sp³-hybridized carbons (Fsp3) is 0.500. The maximum Gasteiger partial charge on any atom is 0.226 e. The molecule has 4 heteroatoms. The third-order valence-corrected chi connectivity index (χ3v) is 3.37. The fourth-order valence-electron chi connectivity index (χ4n) is 2.37. The molecule has 0 saturated heterocycles. The Kier molecular flexibility index (Phi) is 3.99. The van der Waals surface area contributed by atoms with E-state index in [4.69, 9.17) is 5.73 Å². The first-order valence-electron chi connectivity index (χ1n) is 6.48. The van der Waals surface area contributed by atoms with Crippen LogP contribution in [0.1, 0.15) is 37.0 Å². The van der Waals surface area contributed by atoms with Gasteiger partial charge in [0.05, 0.1) is 6.10 Å². The standard InChI is InChI=1S/C14H20N2O2/c1-2-3-14(18)16-7-6-10-8-11(13(17)9-15)4-5-12(10)16/h4-5,8,13,17H,2-3,6-7,9,15H2,1H3. The van der Waals surface area contributed by atoms with Gasteiger partial charge in [-0.05, 0) is 30.0 Å². The molecule has 0 saturated carbocycles. The largest absolute Gasteiger partial charge is 0.387 e. The first-order chi connectivity index (χ1) is 8.67. The van der Waals surface area contributed by atoms with Gasteiger partial charge in [-0.1, -0.05) is 19.1 Å². The van der Waals surface area contributed by atoms with Gasteiger partial charge in [0.2, 0.25) is 5.91 Å². The van der Waals surface area contributed by atoms with Gasteiger partial charge in [0, 0.05) is 25.2 Å². The molecule has 0 radical (unpaired) electrons. The molecule has 18 heavy (non-hydrogen) atoms. The first kappa shape index (κ1) is 13.1. The minimum absolute atomic E-state index is 0.184. The van der Waals surface area contributed by atoms with Crippen LogP contribution in [0.2, 0.25) is 0 Å². The third kappa shape index (κ3) is 2.40. The number of hydrogen-bond donors (Lipinski definition) is 2. The zero-order chi connectivity index (χ0) is 13.1. The van der Waals surface area contributed by atoms with E-state index in [9.17, 15) is 9.90 Å². The van der Waals surface area contributed by atoms with E-state index >= 15 is 0 Å². The Hall–Kier alpha value is -1.39. The summed E-state index contributed by atoms with van der Waals surface area (Å²) in [6, 6.07) is 5.74. The molecular weight excluding hydrogens is 228 g/mol. The average Bonchev–Trinajstić information content (AvgIpc) is 2.80. The number of aliphatic hydroxyl groups excluding tert-OH is 1. The summed E-state index contributed by atoms with van der Waals surface area (Å²) in [6.07, 6.45) is 1.70. The second-order valence-electron chi connectivity index (χ2n) is 4.69. The van der Waals surface area contributed by atoms with E-state index in [-0.39, 0.29) is 12.5 Å². The van der Waals surface area contributed by atoms with Crippen LogP contribution >= 0.6 is 0 Å². The highest BCUT2D eigenvalue weighted by atomic mass is 16.3. The molecule has 0 bridgehead atoms. The summed E-state index contributed by atoms with van der Waals surface area (Å²) in [7, 11) is 0. The van der Waals surface area contributed by atoms with Gasteiger partial charge < -0.3 is 15.7 Å². The van der Waals surface area contributed by atoms with E-state index in [1.54, 1.807) is 0 Å². The summed E-state index contributed by atoms with van der Waals surface area (Å²) in [6.45, 7) is 2.98. The number of carbonyl (C=O) groups excluding carboxylic acids is 1. The minimum Gasteiger partial charge on any atom is -0.387 e. The van der Waals surface area contributed by atoms with Crippen molar-refractivity contribution in [3.8, 4) is 0 Å². The van der Waals surface area contributed by atoms with Gasteiger partial charge in [-0.15, -0.1) is 0 Å². The SMILES string of the molecule is CCCC(=O)N1CCc2cc(C(O)CN)ccc21. The summed E-state index contributed by atoms with van der Waals surface area (Å²) in [5.74, 6) is 0.184. The molecule has 1 atom stereocenters. The molecule has 3 N–H and O–H groups in total. The predicted octanol–water partition coefficient (Wildman–Crippen LogP) is 1.37. The second kappa shape index (κ2) is 5.50. The van der Waals surface area contributed by atoms with Crippen molar-refractivity contribution in [1.82, 2.24) is 0 Å². The molecule has 1 aliphatic rings. The number of anilines is 1. The van der Waals surface area contributed by atoms with Crippen molar-refractivity contribution in [2.45, 2.75) is 32.3 Å². The molecule has 0 aliphatic carbocycles. The van der Waals surface area contributed by atoms with E-state index in [0.29, 0.717) is 6.42 Å². The number of nitrogens with zero attached hydrogens (tertiary/aromatic N) is 1. The van der Waals surface area contributed by atoms with Crippen molar-refractivity contribution in [1.29, 1.82) is 0 Å². The molecule has 1 aromatic rings. The molecule has 2 rings (SSSR count). The summed E-state index contributed by atoms with van der Waals surface area (Å²) in [4.78, 5) is 13.8. The Balaban J connectivity index is 2.22. The molecule has 1 amide bonds. The van der Waals surface area contributed by atoms with Crippen LogP contribution in [0.3, 0.4) is 0 Å². The Morgan fingerprint density at radius 1 is 1.56 bits per heavy atom. The Bertz CT molecular complexity index is 445.